The molecule has 7 nitrogen and oxygen atoms in total. The molecule has 0 bridgehead atoms. The van der Waals surface area contributed by atoms with Gasteiger partial charge in [0.15, 0.2) is 23.0 Å². The molecule has 2 aromatic rings. The van der Waals surface area contributed by atoms with E-state index in [0.29, 0.717) is 36.1 Å². The number of benzene rings is 2. The fourth-order valence-electron chi connectivity index (χ4n) is 3.12. The summed E-state index contributed by atoms with van der Waals surface area (Å²) in [5, 5.41) is 2.97. The molecule has 0 spiro atoms. The Hall–Kier alpha value is -2.64. The van der Waals surface area contributed by atoms with Crippen molar-refractivity contribution in [1.29, 1.82) is 0 Å². The highest BCUT2D eigenvalue weighted by Crippen LogP contribution is 2.28. The zero-order valence-electron chi connectivity index (χ0n) is 18.9. The van der Waals surface area contributed by atoms with Crippen LogP contribution in [0.2, 0.25) is 0 Å². The normalized spacial score (nSPS) is 10.3. The average Bonchev–Trinajstić information content (AvgIpc) is 2.77. The number of carbonyl (C=O) groups excluding carboxylic acids is 1. The third-order valence-corrected chi connectivity index (χ3v) is 4.83. The van der Waals surface area contributed by atoms with Crippen molar-refractivity contribution < 1.29 is 23.7 Å². The molecule has 0 aromatic heterocycles. The van der Waals surface area contributed by atoms with Crippen LogP contribution < -0.4 is 24.3 Å². The quantitative estimate of drug-likeness (QED) is 0.534. The molecule has 172 valence electrons. The highest BCUT2D eigenvalue weighted by molar-refractivity contribution is 5.85. The van der Waals surface area contributed by atoms with Crippen LogP contribution in [0.1, 0.15) is 11.1 Å². The number of nitrogens with one attached hydrogen (secondary N) is 1. The van der Waals surface area contributed by atoms with E-state index in [0.717, 1.165) is 30.5 Å². The molecule has 0 radical (unpaired) electrons. The van der Waals surface area contributed by atoms with E-state index in [-0.39, 0.29) is 18.3 Å². The van der Waals surface area contributed by atoms with E-state index < -0.39 is 0 Å². The van der Waals surface area contributed by atoms with Crippen molar-refractivity contribution in [2.45, 2.75) is 12.8 Å². The van der Waals surface area contributed by atoms with Gasteiger partial charge in [0.1, 0.15) is 0 Å². The second-order valence-corrected chi connectivity index (χ2v) is 6.97. The fourth-order valence-corrected chi connectivity index (χ4v) is 3.12. The highest BCUT2D eigenvalue weighted by Gasteiger charge is 2.09. The van der Waals surface area contributed by atoms with Gasteiger partial charge in [0, 0.05) is 13.1 Å². The third kappa shape index (κ3) is 8.19. The lowest BCUT2D eigenvalue weighted by atomic mass is 10.1. The number of hydrogen-bond acceptors (Lipinski definition) is 6. The number of ether oxygens (including phenoxy) is 4. The van der Waals surface area contributed by atoms with Crippen LogP contribution in [0.25, 0.3) is 0 Å². The Morgan fingerprint density at radius 1 is 0.806 bits per heavy atom. The fraction of sp³-hybridized carbons (Fsp3) is 0.435. The van der Waals surface area contributed by atoms with Gasteiger partial charge in [0.05, 0.1) is 35.0 Å². The minimum Gasteiger partial charge on any atom is -0.493 e. The van der Waals surface area contributed by atoms with Crippen molar-refractivity contribution in [3.05, 3.63) is 47.5 Å². The Morgan fingerprint density at radius 2 is 1.29 bits per heavy atom. The maximum atomic E-state index is 12.2. The first-order chi connectivity index (χ1) is 14.5. The van der Waals surface area contributed by atoms with Gasteiger partial charge in [0.25, 0.3) is 0 Å². The number of hydrogen-bond donors (Lipinski definition) is 1. The van der Waals surface area contributed by atoms with Crippen molar-refractivity contribution in [2.75, 3.05) is 55.1 Å². The number of halogens is 1. The van der Waals surface area contributed by atoms with Gasteiger partial charge in [-0.1, -0.05) is 12.1 Å². The maximum Gasteiger partial charge on any atom is 0.234 e. The van der Waals surface area contributed by atoms with E-state index in [9.17, 15) is 4.79 Å². The molecule has 31 heavy (non-hydrogen) atoms. The topological polar surface area (TPSA) is 69.3 Å². The first kappa shape index (κ1) is 26.4. The summed E-state index contributed by atoms with van der Waals surface area (Å²) in [5.41, 5.74) is 2.21. The Labute approximate surface area is 191 Å². The van der Waals surface area contributed by atoms with Crippen LogP contribution in [0.4, 0.5) is 0 Å². The van der Waals surface area contributed by atoms with Crippen LogP contribution in [0.3, 0.4) is 0 Å². The average molecular weight is 453 g/mol. The Kier molecular flexibility index (Phi) is 11.6. The lowest BCUT2D eigenvalue weighted by Gasteiger charge is -2.17. The van der Waals surface area contributed by atoms with Gasteiger partial charge in [-0.05, 0) is 55.3 Å². The molecule has 8 heteroatoms. The van der Waals surface area contributed by atoms with Crippen molar-refractivity contribution in [2.24, 2.45) is 0 Å². The van der Waals surface area contributed by atoms with Gasteiger partial charge >= 0.3 is 0 Å². The monoisotopic (exact) mass is 452 g/mol. The number of likely N-dealkylation sites (N-methyl/N-ethyl adjacent to an activating group) is 1. The standard InChI is InChI=1S/C23H32N2O5.ClH/c1-25(13-11-18-7-9-20(28-3)22(15-18)30-5)16-23(26)24-12-10-17-6-8-19(27-2)21(14-17)29-4;/h6-9,14-15H,10-13,16H2,1-5H3,(H,24,26);1H. The summed E-state index contributed by atoms with van der Waals surface area (Å²) in [7, 11) is 8.41. The molecule has 0 aliphatic rings. The zero-order valence-corrected chi connectivity index (χ0v) is 19.7. The molecule has 2 aromatic carbocycles. The molecule has 0 saturated heterocycles. The van der Waals surface area contributed by atoms with E-state index in [2.05, 4.69) is 5.32 Å². The lowest BCUT2D eigenvalue weighted by Crippen LogP contribution is -2.36. The number of carbonyl (C=O) groups is 1. The first-order valence-electron chi connectivity index (χ1n) is 9.87. The predicted molar refractivity (Wildman–Crippen MR) is 124 cm³/mol. The number of rotatable bonds is 12. The maximum absolute atomic E-state index is 12.2. The van der Waals surface area contributed by atoms with Gasteiger partial charge in [-0.2, -0.15) is 0 Å². The Balaban J connectivity index is 0.00000480. The van der Waals surface area contributed by atoms with Gasteiger partial charge in [-0.15, -0.1) is 12.4 Å². The molecular formula is C23H33ClN2O5. The second-order valence-electron chi connectivity index (χ2n) is 6.97. The van der Waals surface area contributed by atoms with Gasteiger partial charge in [-0.3, -0.25) is 9.69 Å². The number of amides is 1. The van der Waals surface area contributed by atoms with Gasteiger partial charge < -0.3 is 24.3 Å². The molecule has 2 rings (SSSR count). The lowest BCUT2D eigenvalue weighted by molar-refractivity contribution is -0.121. The van der Waals surface area contributed by atoms with Crippen molar-refractivity contribution in [3.8, 4) is 23.0 Å². The van der Waals surface area contributed by atoms with E-state index in [4.69, 9.17) is 18.9 Å². The summed E-state index contributed by atoms with van der Waals surface area (Å²) in [4.78, 5) is 14.2. The number of nitrogens with zero attached hydrogens (tertiary/aromatic N) is 1. The Bertz CT molecular complexity index is 832. The molecule has 0 unspecified atom stereocenters. The molecule has 1 N–H and O–H groups in total. The molecule has 0 heterocycles. The minimum atomic E-state index is 0. The molecule has 0 atom stereocenters. The van der Waals surface area contributed by atoms with Crippen LogP contribution in [-0.2, 0) is 17.6 Å². The van der Waals surface area contributed by atoms with Crippen LogP contribution in [0.15, 0.2) is 36.4 Å². The molecule has 1 amide bonds. The highest BCUT2D eigenvalue weighted by atomic mass is 35.5. The van der Waals surface area contributed by atoms with Crippen molar-refractivity contribution in [1.82, 2.24) is 10.2 Å². The van der Waals surface area contributed by atoms with Crippen LogP contribution >= 0.6 is 12.4 Å². The smallest absolute Gasteiger partial charge is 0.234 e. The molecule has 0 fully saturated rings. The van der Waals surface area contributed by atoms with Crippen LogP contribution in [0.5, 0.6) is 23.0 Å². The van der Waals surface area contributed by atoms with E-state index in [1.165, 1.54) is 0 Å². The second kappa shape index (κ2) is 13.6. The summed E-state index contributed by atoms with van der Waals surface area (Å²) >= 11 is 0. The summed E-state index contributed by atoms with van der Waals surface area (Å²) in [5.74, 6) is 2.82. The van der Waals surface area contributed by atoms with E-state index in [1.54, 1.807) is 28.4 Å². The summed E-state index contributed by atoms with van der Waals surface area (Å²) in [6.45, 7) is 1.68. The van der Waals surface area contributed by atoms with Gasteiger partial charge in [-0.25, -0.2) is 0 Å². The SMILES string of the molecule is COc1ccc(CCNC(=O)CN(C)CCc2ccc(OC)c(OC)c2)cc1OC.Cl. The van der Waals surface area contributed by atoms with Crippen molar-refractivity contribution in [3.63, 3.8) is 0 Å². The van der Waals surface area contributed by atoms with E-state index in [1.807, 2.05) is 48.3 Å². The summed E-state index contributed by atoms with van der Waals surface area (Å²) in [6, 6.07) is 11.7. The summed E-state index contributed by atoms with van der Waals surface area (Å²) < 4.78 is 21.2. The molecule has 0 saturated carbocycles. The largest absolute Gasteiger partial charge is 0.493 e. The summed E-state index contributed by atoms with van der Waals surface area (Å²) in [6.07, 6.45) is 1.54. The van der Waals surface area contributed by atoms with Crippen LogP contribution in [0, 0.1) is 0 Å². The molecule has 0 aliphatic carbocycles. The predicted octanol–water partition coefficient (Wildman–Crippen LogP) is 2.98. The molecule has 0 aliphatic heterocycles. The van der Waals surface area contributed by atoms with E-state index >= 15 is 0 Å². The number of methoxy groups -OCH3 is 4. The first-order valence-corrected chi connectivity index (χ1v) is 9.87. The minimum absolute atomic E-state index is 0. The zero-order chi connectivity index (χ0) is 21.9. The Morgan fingerprint density at radius 3 is 1.77 bits per heavy atom. The molecular weight excluding hydrogens is 420 g/mol. The van der Waals surface area contributed by atoms with Crippen molar-refractivity contribution >= 4 is 18.3 Å². The van der Waals surface area contributed by atoms with Crippen LogP contribution in [-0.4, -0.2) is 65.9 Å². The van der Waals surface area contributed by atoms with Gasteiger partial charge in [0.2, 0.25) is 5.91 Å². The third-order valence-electron chi connectivity index (χ3n) is 4.83.